The molecule has 1 amide bonds. The molecule has 2 aliphatic heterocycles. The first-order valence-corrected chi connectivity index (χ1v) is 16.7. The van der Waals surface area contributed by atoms with Crippen LogP contribution < -0.4 is 19.7 Å². The summed E-state index contributed by atoms with van der Waals surface area (Å²) in [6.07, 6.45) is 12.4. The molecule has 43 heavy (non-hydrogen) atoms. The standard InChI is InChI=1S/C33H35N3O4S3/c1-3-5-6-9-19-35-26-13-8-7-12-24(26)16-17-25-20-23(15-18-27(25)35)11-10-14-28-30(38)36(21-40-22-37)32(42-28)29-31(39)34(4-2)33(41)43-29/h7-8,10-15,18,20,22H,3-6,9,16-17,19,21H2,1-2H3/b11-10+,28-14+,32-29+. The Balaban J connectivity index is 1.46. The molecular formula is C33H35N3O4S3. The number of hydrogen-bond donors (Lipinski definition) is 0. The Hall–Kier alpha value is -3.47. The van der Waals surface area contributed by atoms with Crippen molar-refractivity contribution >= 4 is 80.4 Å². The van der Waals surface area contributed by atoms with Crippen LogP contribution in [0.15, 0.2) is 53.3 Å². The molecule has 3 heterocycles. The third kappa shape index (κ3) is 6.71. The maximum Gasteiger partial charge on any atom is 0.294 e. The number of thioether (sulfide) groups is 1. The van der Waals surface area contributed by atoms with Gasteiger partial charge < -0.3 is 9.64 Å². The number of carbonyl (C=O) groups is 2. The minimum atomic E-state index is -0.327. The zero-order chi connectivity index (χ0) is 30.3. The van der Waals surface area contributed by atoms with Crippen LogP contribution in [0.2, 0.25) is 0 Å². The molecule has 1 saturated heterocycles. The summed E-state index contributed by atoms with van der Waals surface area (Å²) in [6, 6.07) is 15.3. The number of allylic oxidation sites excluding steroid dienone is 1. The van der Waals surface area contributed by atoms with Crippen molar-refractivity contribution in [2.75, 3.05) is 18.0 Å². The topological polar surface area (TPSA) is 71.8 Å². The van der Waals surface area contributed by atoms with E-state index >= 15 is 0 Å². The number of aryl methyl sites for hydroxylation is 2. The number of hydrogen-bond acceptors (Lipinski definition) is 8. The van der Waals surface area contributed by atoms with E-state index in [2.05, 4.69) is 54.3 Å². The third-order valence-electron chi connectivity index (χ3n) is 7.65. The first kappa shape index (κ1) is 31.0. The van der Waals surface area contributed by atoms with Gasteiger partial charge in [0, 0.05) is 24.5 Å². The predicted molar refractivity (Wildman–Crippen MR) is 181 cm³/mol. The minimum Gasteiger partial charge on any atom is -0.446 e. The fraction of sp³-hybridized carbons (Fsp3) is 0.333. The monoisotopic (exact) mass is 633 g/mol. The van der Waals surface area contributed by atoms with Crippen molar-refractivity contribution in [1.29, 1.82) is 0 Å². The summed E-state index contributed by atoms with van der Waals surface area (Å²) in [5.41, 5.74) is 5.98. The molecule has 5 rings (SSSR count). The molecule has 0 radical (unpaired) electrons. The van der Waals surface area contributed by atoms with Crippen LogP contribution in [-0.4, -0.2) is 39.3 Å². The van der Waals surface area contributed by atoms with E-state index in [-0.39, 0.29) is 24.7 Å². The number of thiocarbonyl (C=S) groups is 1. The Labute approximate surface area is 265 Å². The van der Waals surface area contributed by atoms with Crippen molar-refractivity contribution in [3.05, 3.63) is 84.8 Å². The van der Waals surface area contributed by atoms with E-state index in [1.54, 1.807) is 6.08 Å². The van der Waals surface area contributed by atoms with Crippen LogP contribution in [0.4, 0.5) is 11.4 Å². The van der Waals surface area contributed by atoms with Crippen LogP contribution >= 0.6 is 35.3 Å². The number of thiazole rings is 1. The molecule has 0 aliphatic carbocycles. The minimum absolute atomic E-state index is 0.243. The summed E-state index contributed by atoms with van der Waals surface area (Å²) < 4.78 is 7.54. The van der Waals surface area contributed by atoms with Crippen molar-refractivity contribution in [3.63, 3.8) is 0 Å². The van der Waals surface area contributed by atoms with Crippen LogP contribution in [0, 0.1) is 0 Å². The molecule has 0 unspecified atom stereocenters. The number of anilines is 2. The summed E-state index contributed by atoms with van der Waals surface area (Å²) in [4.78, 5) is 41.5. The van der Waals surface area contributed by atoms with Gasteiger partial charge in [0.25, 0.3) is 17.9 Å². The molecule has 1 aromatic heterocycles. The first-order valence-electron chi connectivity index (χ1n) is 14.7. The maximum atomic E-state index is 13.3. The number of para-hydroxylation sites is 1. The van der Waals surface area contributed by atoms with Gasteiger partial charge in [0.2, 0.25) is 0 Å². The van der Waals surface area contributed by atoms with E-state index in [9.17, 15) is 14.4 Å². The molecule has 0 bridgehead atoms. The van der Waals surface area contributed by atoms with Crippen LogP contribution in [0.3, 0.4) is 0 Å². The zero-order valence-corrected chi connectivity index (χ0v) is 26.9. The Morgan fingerprint density at radius 3 is 2.53 bits per heavy atom. The van der Waals surface area contributed by atoms with Crippen molar-refractivity contribution in [1.82, 2.24) is 9.47 Å². The molecule has 10 heteroatoms. The molecule has 1 fully saturated rings. The highest BCUT2D eigenvalue weighted by molar-refractivity contribution is 8.30. The van der Waals surface area contributed by atoms with Gasteiger partial charge in [-0.1, -0.05) is 86.6 Å². The molecule has 0 saturated carbocycles. The first-order chi connectivity index (χ1) is 21.0. The predicted octanol–water partition coefficient (Wildman–Crippen LogP) is 5.34. The number of aromatic nitrogens is 1. The second kappa shape index (κ2) is 14.3. The van der Waals surface area contributed by atoms with Gasteiger partial charge in [-0.05, 0) is 67.2 Å². The third-order valence-corrected chi connectivity index (χ3v) is 10.4. The van der Waals surface area contributed by atoms with Gasteiger partial charge in [-0.25, -0.2) is 0 Å². The highest BCUT2D eigenvalue weighted by Gasteiger charge is 2.33. The molecular weight excluding hydrogens is 599 g/mol. The number of benzene rings is 2. The number of amides is 1. The van der Waals surface area contributed by atoms with E-state index in [1.165, 1.54) is 62.6 Å². The average molecular weight is 634 g/mol. The van der Waals surface area contributed by atoms with E-state index in [0.717, 1.165) is 43.1 Å². The zero-order valence-electron chi connectivity index (χ0n) is 24.4. The summed E-state index contributed by atoms with van der Waals surface area (Å²) in [5, 5.41) is 0. The van der Waals surface area contributed by atoms with Gasteiger partial charge in [0.05, 0.1) is 4.53 Å². The quantitative estimate of drug-likeness (QED) is 0.160. The Morgan fingerprint density at radius 1 is 0.977 bits per heavy atom. The van der Waals surface area contributed by atoms with Crippen molar-refractivity contribution in [2.45, 2.75) is 59.1 Å². The lowest BCUT2D eigenvalue weighted by molar-refractivity contribution is -0.132. The van der Waals surface area contributed by atoms with E-state index < -0.39 is 0 Å². The molecule has 0 N–H and O–H groups in total. The molecule has 3 aromatic rings. The van der Waals surface area contributed by atoms with Gasteiger partial charge in [0.1, 0.15) is 13.9 Å². The average Bonchev–Trinajstić information content (AvgIpc) is 3.42. The second-order valence-electron chi connectivity index (χ2n) is 10.4. The maximum absolute atomic E-state index is 13.3. The lowest BCUT2D eigenvalue weighted by Gasteiger charge is -2.27. The SMILES string of the molecule is CCCCCCN1c2ccccc2CCc2cc(/C=C/C=c3/s/c(=C4/SC(=S)N(CC)C4=O)n(COC=O)c3=O)ccc21. The van der Waals surface area contributed by atoms with Crippen LogP contribution in [-0.2, 0) is 33.9 Å². The summed E-state index contributed by atoms with van der Waals surface area (Å²) in [7, 11) is 0. The summed E-state index contributed by atoms with van der Waals surface area (Å²) in [6.45, 7) is 5.54. The Bertz CT molecular complexity index is 1740. The fourth-order valence-electron chi connectivity index (χ4n) is 5.47. The van der Waals surface area contributed by atoms with Gasteiger partial charge in [-0.15, -0.1) is 11.3 Å². The normalized spacial score (nSPS) is 16.6. The number of ether oxygens (including phenoxy) is 1. The molecule has 7 nitrogen and oxygen atoms in total. The number of fused-ring (bicyclic) bond motifs is 2. The Kier molecular flexibility index (Phi) is 10.3. The molecule has 2 aliphatic rings. The number of unbranched alkanes of at least 4 members (excludes halogenated alkanes) is 3. The molecule has 224 valence electrons. The molecule has 0 spiro atoms. The van der Waals surface area contributed by atoms with Crippen molar-refractivity contribution in [3.8, 4) is 0 Å². The van der Waals surface area contributed by atoms with Gasteiger partial charge in [0.15, 0.2) is 6.73 Å². The fourth-order valence-corrected chi connectivity index (χ4v) is 8.05. The van der Waals surface area contributed by atoms with Crippen molar-refractivity contribution < 1.29 is 14.3 Å². The highest BCUT2D eigenvalue weighted by Crippen LogP contribution is 2.37. The van der Waals surface area contributed by atoms with Gasteiger partial charge >= 0.3 is 0 Å². The highest BCUT2D eigenvalue weighted by atomic mass is 32.2. The summed E-state index contributed by atoms with van der Waals surface area (Å²) in [5.74, 6) is -0.243. The lowest BCUT2D eigenvalue weighted by atomic mass is 10.0. The van der Waals surface area contributed by atoms with E-state index in [4.69, 9.17) is 17.0 Å². The molecule has 0 atom stereocenters. The van der Waals surface area contributed by atoms with Gasteiger partial charge in [-0.2, -0.15) is 0 Å². The van der Waals surface area contributed by atoms with Crippen molar-refractivity contribution in [2.24, 2.45) is 0 Å². The van der Waals surface area contributed by atoms with Crippen LogP contribution in [0.1, 0.15) is 56.2 Å². The van der Waals surface area contributed by atoms with Gasteiger partial charge in [-0.3, -0.25) is 23.9 Å². The largest absolute Gasteiger partial charge is 0.446 e. The molecule has 2 aromatic carbocycles. The van der Waals surface area contributed by atoms with Crippen LogP contribution in [0.25, 0.3) is 17.1 Å². The number of carbonyl (C=O) groups excluding carboxylic acids is 2. The Morgan fingerprint density at radius 2 is 1.77 bits per heavy atom. The van der Waals surface area contributed by atoms with Crippen LogP contribution in [0.5, 0.6) is 0 Å². The van der Waals surface area contributed by atoms with E-state index in [0.29, 0.717) is 25.0 Å². The summed E-state index contributed by atoms with van der Waals surface area (Å²) >= 11 is 7.71. The number of nitrogens with zero attached hydrogens (tertiary/aromatic N) is 3. The lowest BCUT2D eigenvalue weighted by Crippen LogP contribution is -2.34. The second-order valence-corrected chi connectivity index (χ2v) is 13.1. The smallest absolute Gasteiger partial charge is 0.294 e. The number of rotatable bonds is 11. The van der Waals surface area contributed by atoms with E-state index in [1.807, 2.05) is 19.1 Å².